The van der Waals surface area contributed by atoms with Gasteiger partial charge in [0.1, 0.15) is 11.6 Å². The van der Waals surface area contributed by atoms with E-state index < -0.39 is 11.6 Å². The molecule has 144 valence electrons. The maximum Gasteiger partial charge on any atom is 0.323 e. The van der Waals surface area contributed by atoms with Crippen LogP contribution in [-0.4, -0.2) is 35.6 Å². The zero-order chi connectivity index (χ0) is 19.6. The zero-order valence-corrected chi connectivity index (χ0v) is 21.6. The fourth-order valence-corrected chi connectivity index (χ4v) is 1.07. The predicted octanol–water partition coefficient (Wildman–Crippen LogP) is 3.12. The minimum Gasteiger partial charge on any atom is -0.692 e. The summed E-state index contributed by atoms with van der Waals surface area (Å²) in [5, 5.41) is 0. The molecule has 0 aliphatic carbocycles. The van der Waals surface area contributed by atoms with E-state index in [1.165, 1.54) is 24.3 Å². The molecule has 0 spiro atoms. The Morgan fingerprint density at radius 3 is 1.50 bits per heavy atom. The summed E-state index contributed by atoms with van der Waals surface area (Å²) in [5.41, 5.74) is -0.528. The van der Waals surface area contributed by atoms with Gasteiger partial charge in [-0.1, -0.05) is 0 Å². The van der Waals surface area contributed by atoms with E-state index in [4.69, 9.17) is 43.9 Å². The van der Waals surface area contributed by atoms with Crippen molar-refractivity contribution in [3.05, 3.63) is 63.5 Å². The summed E-state index contributed by atoms with van der Waals surface area (Å²) in [5.74, 6) is 4.03. The third-order valence-corrected chi connectivity index (χ3v) is 2.08. The first-order chi connectivity index (χ1) is 11.1. The maximum atomic E-state index is 11.7. The molecular weight excluding hydrogens is 666 g/mol. The van der Waals surface area contributed by atoms with Gasteiger partial charge in [0, 0.05) is 55.2 Å². The Morgan fingerprint density at radius 2 is 1.31 bits per heavy atom. The van der Waals surface area contributed by atoms with E-state index >= 15 is 0 Å². The second-order valence-electron chi connectivity index (χ2n) is 5.24. The smallest absolute Gasteiger partial charge is 0.323 e. The van der Waals surface area contributed by atoms with E-state index in [1.807, 2.05) is 0 Å². The topological polar surface area (TPSA) is 29.5 Å². The van der Waals surface area contributed by atoms with Crippen LogP contribution in [0.3, 0.4) is 0 Å². The van der Waals surface area contributed by atoms with Crippen molar-refractivity contribution >= 4 is 5.97 Å². The van der Waals surface area contributed by atoms with Crippen LogP contribution < -0.4 is 0 Å². The molecule has 0 rings (SSSR count). The van der Waals surface area contributed by atoms with Gasteiger partial charge in [0.05, 0.1) is 0 Å². The average molecular weight is 691 g/mol. The minimum atomic E-state index is -0.528. The Morgan fingerprint density at radius 1 is 1.00 bits per heavy atom. The van der Waals surface area contributed by atoms with Crippen LogP contribution in [0.1, 0.15) is 27.7 Å². The number of carbonyl (C=O) groups excluding carboxylic acids is 1. The van der Waals surface area contributed by atoms with Crippen molar-refractivity contribution < 1.29 is 51.7 Å². The fourth-order valence-electron chi connectivity index (χ4n) is 1.07. The molecule has 1 atom stereocenters. The molecule has 3 nitrogen and oxygen atoms in total. The van der Waals surface area contributed by atoms with Crippen molar-refractivity contribution in [2.75, 3.05) is 13.1 Å². The van der Waals surface area contributed by atoms with Crippen LogP contribution in [0.2, 0.25) is 0 Å². The maximum absolute atomic E-state index is 11.7. The minimum absolute atomic E-state index is 0. The summed E-state index contributed by atoms with van der Waals surface area (Å²) in [6, 6.07) is -0.505. The van der Waals surface area contributed by atoms with Gasteiger partial charge in [-0.25, -0.2) is 0 Å². The Labute approximate surface area is 189 Å². The molecule has 0 aliphatic rings. The molecule has 26 heavy (non-hydrogen) atoms. The van der Waals surface area contributed by atoms with Crippen molar-refractivity contribution in [2.45, 2.75) is 39.3 Å². The van der Waals surface area contributed by atoms with E-state index in [2.05, 4.69) is 11.8 Å². The van der Waals surface area contributed by atoms with Crippen LogP contribution in [0.4, 0.5) is 0 Å². The molecule has 0 amide bonds. The van der Waals surface area contributed by atoms with Crippen LogP contribution in [0, 0.1) is 51.0 Å². The Kier molecular flexibility index (Phi) is 33.0. The molecule has 0 saturated carbocycles. The van der Waals surface area contributed by atoms with Crippen molar-refractivity contribution in [1.82, 2.24) is 4.90 Å². The molecule has 0 fully saturated rings. The van der Waals surface area contributed by atoms with Gasteiger partial charge in [0.2, 0.25) is 0 Å². The second kappa shape index (κ2) is 23.9. The quantitative estimate of drug-likeness (QED) is 0.186. The number of hydrogen-bond donors (Lipinski definition) is 0. The van der Waals surface area contributed by atoms with Crippen molar-refractivity contribution in [3.8, 4) is 11.8 Å². The van der Waals surface area contributed by atoms with Gasteiger partial charge >= 0.3 is 5.97 Å². The van der Waals surface area contributed by atoms with Gasteiger partial charge in [-0.3, -0.25) is 9.69 Å². The molecule has 5 heteroatoms. The van der Waals surface area contributed by atoms with Gasteiger partial charge in [0.25, 0.3) is 0 Å². The summed E-state index contributed by atoms with van der Waals surface area (Å²) < 4.78 is 5.21. The van der Waals surface area contributed by atoms with E-state index in [0.717, 1.165) is 0 Å². The van der Waals surface area contributed by atoms with Crippen molar-refractivity contribution in [1.29, 1.82) is 0 Å². The number of esters is 1. The molecule has 0 aromatic carbocycles. The Bertz CT molecular complexity index is 440. The Balaban J connectivity index is -0.000000124. The third kappa shape index (κ3) is 27.7. The predicted molar refractivity (Wildman–Crippen MR) is 96.6 cm³/mol. The fraction of sp³-hybridized carbons (Fsp3) is 0.381. The molecule has 0 radical (unpaired) electrons. The average Bonchev–Trinajstić information content (AvgIpc) is 2.52. The number of hydrogen-bond acceptors (Lipinski definition) is 3. The summed E-state index contributed by atoms with van der Waals surface area (Å²) in [7, 11) is 0. The number of nitrogens with zero attached hydrogens (tertiary/aromatic N) is 1. The second-order valence-corrected chi connectivity index (χ2v) is 5.24. The molecule has 0 bridgehead atoms. The van der Waals surface area contributed by atoms with Crippen molar-refractivity contribution in [2.24, 2.45) is 0 Å². The molecule has 1 unspecified atom stereocenters. The summed E-state index contributed by atoms with van der Waals surface area (Å²) in [6.45, 7) is 26.3. The first kappa shape index (κ1) is 35.9. The number of carbonyl (C=O) groups is 1. The van der Waals surface area contributed by atoms with E-state index in [9.17, 15) is 4.79 Å². The first-order valence-electron chi connectivity index (χ1n) is 7.08. The number of ether oxygens (including phenoxy) is 1. The van der Waals surface area contributed by atoms with Crippen LogP contribution in [0.5, 0.6) is 0 Å². The van der Waals surface area contributed by atoms with Crippen molar-refractivity contribution in [3.63, 3.8) is 0 Å². The van der Waals surface area contributed by atoms with Crippen LogP contribution in [-0.2, 0) is 51.7 Å². The number of rotatable bonds is 6. The van der Waals surface area contributed by atoms with Gasteiger partial charge in [-0.05, 0) is 27.7 Å². The largest absolute Gasteiger partial charge is 0.692 e. The molecule has 0 saturated heterocycles. The van der Waals surface area contributed by atoms with Gasteiger partial charge < -0.3 is 80.0 Å². The third-order valence-electron chi connectivity index (χ3n) is 2.08. The molecule has 0 aliphatic heterocycles. The van der Waals surface area contributed by atoms with E-state index in [-0.39, 0.29) is 61.2 Å². The van der Waals surface area contributed by atoms with Gasteiger partial charge in [0.15, 0.2) is 0 Å². The standard InChI is InChI=1S/C13H17NO2.2C4H4.2W/c1-7-9-14(10-8-2)11(3)12(15)16-13(4,5)6;2*1-3-4-2;;/h11H,9-10H2,3-6H3;2*1-4H;;/q3*-2;;. The van der Waals surface area contributed by atoms with E-state index in [1.54, 1.807) is 32.6 Å². The van der Waals surface area contributed by atoms with Crippen LogP contribution >= 0.6 is 0 Å². The normalized spacial score (nSPS) is 9.35. The summed E-state index contributed by atoms with van der Waals surface area (Å²) in [6.07, 6.45) is 18.9. The molecule has 0 aromatic rings. The molecular formula is C21H25NO2W2-6. The molecule has 0 heterocycles. The summed E-state index contributed by atoms with van der Waals surface area (Å²) >= 11 is 0. The monoisotopic (exact) mass is 691 g/mol. The molecule has 0 N–H and O–H groups in total. The van der Waals surface area contributed by atoms with Gasteiger partial charge in [-0.2, -0.15) is 0 Å². The van der Waals surface area contributed by atoms with Gasteiger partial charge in [-0.15, -0.1) is 0 Å². The number of allylic oxidation sites excluding steroid dienone is 4. The first-order valence-corrected chi connectivity index (χ1v) is 7.08. The zero-order valence-electron chi connectivity index (χ0n) is 15.7. The van der Waals surface area contributed by atoms with E-state index in [0.29, 0.717) is 0 Å². The van der Waals surface area contributed by atoms with Crippen LogP contribution in [0.15, 0.2) is 24.3 Å². The van der Waals surface area contributed by atoms with Crippen LogP contribution in [0.25, 0.3) is 0 Å². The SMILES string of the molecule is [C-]#CCN(CC#[C-])C(C)C(=O)OC(C)(C)C.[CH-]=CC=[CH-].[CH-]=CC=[CH-].[W].[W]. The Hall–Kier alpha value is -1.11. The molecule has 0 aromatic heterocycles. The summed E-state index contributed by atoms with van der Waals surface area (Å²) in [4.78, 5) is 13.3.